The average molecular weight is 934 g/mol. The molecule has 0 fully saturated rings. The molecule has 0 bridgehead atoms. The summed E-state index contributed by atoms with van der Waals surface area (Å²) in [5.74, 6) is 2.82. The van der Waals surface area contributed by atoms with Gasteiger partial charge in [-0.3, -0.25) is 9.59 Å². The summed E-state index contributed by atoms with van der Waals surface area (Å²) in [5.41, 5.74) is 15.8. The molecule has 8 aromatic carbocycles. The van der Waals surface area contributed by atoms with Gasteiger partial charge in [0.1, 0.15) is 5.76 Å². The Labute approximate surface area is 418 Å². The molecule has 0 atom stereocenters. The van der Waals surface area contributed by atoms with Crippen LogP contribution in [0.25, 0.3) is 5.57 Å². The van der Waals surface area contributed by atoms with Crippen molar-refractivity contribution in [2.45, 2.75) is 32.1 Å². The van der Waals surface area contributed by atoms with Crippen molar-refractivity contribution < 1.29 is 19.1 Å². The molecule has 7 heteroatoms. The Bertz CT molecular complexity index is 3460. The third kappa shape index (κ3) is 7.45. The van der Waals surface area contributed by atoms with Crippen LogP contribution in [-0.4, -0.2) is 11.6 Å². The molecule has 0 aromatic heterocycles. The van der Waals surface area contributed by atoms with Crippen molar-refractivity contribution in [3.63, 3.8) is 0 Å². The summed E-state index contributed by atoms with van der Waals surface area (Å²) in [6, 6.07) is 61.8. The number of carbonyl (C=O) groups is 2. The summed E-state index contributed by atoms with van der Waals surface area (Å²) in [6.07, 6.45) is 13.6. The highest BCUT2D eigenvalue weighted by Crippen LogP contribution is 2.51. The predicted octanol–water partition coefficient (Wildman–Crippen LogP) is 16.2. The number of allylic oxidation sites excluding steroid dienone is 6. The zero-order valence-electron chi connectivity index (χ0n) is 39.4. The van der Waals surface area contributed by atoms with Crippen LogP contribution in [0.1, 0.15) is 74.2 Å². The molecule has 0 saturated heterocycles. The number of hydrogen-bond donors (Lipinski definition) is 0. The van der Waals surface area contributed by atoms with Crippen molar-refractivity contribution in [1.29, 1.82) is 0 Å². The quantitative estimate of drug-likeness (QED) is 0.134. The van der Waals surface area contributed by atoms with E-state index < -0.39 is 0 Å². The van der Waals surface area contributed by atoms with Crippen LogP contribution in [-0.2, 0) is 6.42 Å². The first-order valence-electron chi connectivity index (χ1n) is 24.6. The van der Waals surface area contributed by atoms with Gasteiger partial charge in [0.2, 0.25) is 0 Å². The Morgan fingerprint density at radius 2 is 0.861 bits per heavy atom. The largest absolute Gasteiger partial charge is 0.457 e. The predicted molar refractivity (Wildman–Crippen MR) is 288 cm³/mol. The Balaban J connectivity index is 0.853. The van der Waals surface area contributed by atoms with Crippen molar-refractivity contribution >= 4 is 57.0 Å². The van der Waals surface area contributed by atoms with E-state index in [9.17, 15) is 9.59 Å². The number of anilines is 7. The second-order valence-electron chi connectivity index (χ2n) is 18.7. The van der Waals surface area contributed by atoms with Gasteiger partial charge < -0.3 is 24.2 Å². The van der Waals surface area contributed by atoms with E-state index in [1.54, 1.807) is 6.07 Å². The fourth-order valence-corrected chi connectivity index (χ4v) is 10.7. The minimum atomic E-state index is -0.206. The van der Waals surface area contributed by atoms with E-state index in [1.807, 2.05) is 133 Å². The molecule has 0 radical (unpaired) electrons. The summed E-state index contributed by atoms with van der Waals surface area (Å²) in [4.78, 5) is 36.3. The Kier molecular flexibility index (Phi) is 10.5. The Hall–Kier alpha value is -9.20. The van der Waals surface area contributed by atoms with E-state index in [1.165, 1.54) is 22.5 Å². The van der Waals surface area contributed by atoms with Crippen molar-refractivity contribution in [2.75, 3.05) is 14.7 Å². The fraction of sp³-hybridized carbons (Fsp3) is 0.0769. The Morgan fingerprint density at radius 3 is 1.46 bits per heavy atom. The lowest BCUT2D eigenvalue weighted by Gasteiger charge is -2.36. The highest BCUT2D eigenvalue weighted by molar-refractivity contribution is 6.14. The summed E-state index contributed by atoms with van der Waals surface area (Å²) in [7, 11) is 0. The van der Waals surface area contributed by atoms with Crippen LogP contribution >= 0.6 is 0 Å². The van der Waals surface area contributed by atoms with Crippen LogP contribution in [0, 0.1) is 0 Å². The first-order chi connectivity index (χ1) is 35.4. The summed E-state index contributed by atoms with van der Waals surface area (Å²) in [5, 5.41) is 0. The van der Waals surface area contributed by atoms with Crippen LogP contribution < -0.4 is 24.2 Å². The molecular formula is C65H47N3O4. The lowest BCUT2D eigenvalue weighted by atomic mass is 9.89. The number of hydrogen-bond acceptors (Lipinski definition) is 7. The smallest absolute Gasteiger partial charge is 0.193 e. The molecule has 0 amide bonds. The average Bonchev–Trinajstić information content (AvgIpc) is 3.44. The number of ketones is 2. The van der Waals surface area contributed by atoms with E-state index in [-0.39, 0.29) is 11.6 Å². The second-order valence-corrected chi connectivity index (χ2v) is 18.7. The van der Waals surface area contributed by atoms with Gasteiger partial charge in [0.15, 0.2) is 28.8 Å². The van der Waals surface area contributed by atoms with Crippen LogP contribution in [0.15, 0.2) is 242 Å². The molecule has 0 spiro atoms. The van der Waals surface area contributed by atoms with E-state index in [2.05, 4.69) is 94.1 Å². The van der Waals surface area contributed by atoms with Gasteiger partial charge in [0, 0.05) is 57.1 Å². The second kappa shape index (κ2) is 17.6. The SMILES string of the molecule is C=C(c1ccc(N2C3=C(CCC=C3)Cc3ccccc32)cc1)c1cc(C(=O)c2ccc(N3C4=C(CCC=C4)Oc4ccccc43)cc2)cc(C(=O)c2ccc(N3c4ccccc4Oc4ccccc43)cc2)c1. The highest BCUT2D eigenvalue weighted by atomic mass is 16.5. The summed E-state index contributed by atoms with van der Waals surface area (Å²) >= 11 is 0. The van der Waals surface area contributed by atoms with Crippen LogP contribution in [0.4, 0.5) is 39.8 Å². The minimum absolute atomic E-state index is 0.200. The zero-order chi connectivity index (χ0) is 48.3. The maximum absolute atomic E-state index is 14.8. The minimum Gasteiger partial charge on any atom is -0.457 e. The molecule has 72 heavy (non-hydrogen) atoms. The number of nitrogens with zero attached hydrogens (tertiary/aromatic N) is 3. The zero-order valence-corrected chi connectivity index (χ0v) is 39.4. The molecule has 13 rings (SSSR count). The summed E-state index contributed by atoms with van der Waals surface area (Å²) in [6.45, 7) is 4.60. The molecular weight excluding hydrogens is 887 g/mol. The van der Waals surface area contributed by atoms with Crippen LogP contribution in [0.5, 0.6) is 17.2 Å². The fourth-order valence-electron chi connectivity index (χ4n) is 10.7. The topological polar surface area (TPSA) is 62.3 Å². The molecule has 3 aliphatic heterocycles. The van der Waals surface area contributed by atoms with E-state index in [4.69, 9.17) is 9.47 Å². The highest BCUT2D eigenvalue weighted by Gasteiger charge is 2.30. The van der Waals surface area contributed by atoms with Crippen molar-refractivity contribution in [3.05, 3.63) is 281 Å². The summed E-state index contributed by atoms with van der Waals surface area (Å²) < 4.78 is 12.6. The maximum Gasteiger partial charge on any atom is 0.193 e. The lowest BCUT2D eigenvalue weighted by molar-refractivity contribution is 0.103. The molecule has 0 unspecified atom stereocenters. The van der Waals surface area contributed by atoms with Gasteiger partial charge in [-0.15, -0.1) is 0 Å². The molecule has 0 saturated carbocycles. The molecule has 2 aliphatic carbocycles. The molecule has 7 nitrogen and oxygen atoms in total. The normalized spacial score (nSPS) is 15.0. The molecule has 0 N–H and O–H groups in total. The number of fused-ring (bicyclic) bond motifs is 4. The third-order valence-electron chi connectivity index (χ3n) is 14.3. The molecule has 346 valence electrons. The van der Waals surface area contributed by atoms with Crippen LogP contribution in [0.2, 0.25) is 0 Å². The third-order valence-corrected chi connectivity index (χ3v) is 14.3. The molecule has 5 aliphatic rings. The van der Waals surface area contributed by atoms with E-state index in [0.29, 0.717) is 33.4 Å². The van der Waals surface area contributed by atoms with Gasteiger partial charge >= 0.3 is 0 Å². The van der Waals surface area contributed by atoms with Crippen LogP contribution in [0.3, 0.4) is 0 Å². The number of carbonyl (C=O) groups excluding carboxylic acids is 2. The van der Waals surface area contributed by atoms with Gasteiger partial charge in [0.05, 0.1) is 22.8 Å². The van der Waals surface area contributed by atoms with Crippen molar-refractivity contribution in [3.8, 4) is 17.2 Å². The van der Waals surface area contributed by atoms with E-state index in [0.717, 1.165) is 100 Å². The van der Waals surface area contributed by atoms with E-state index >= 15 is 0 Å². The number of benzene rings is 8. The standard InChI is InChI=1S/C65H47N3O4/c1-42(43-26-32-51(33-27-43)66-54-16-4-2-14-46(54)38-47-15-3-5-17-55(47)66)48-39-49(64(69)44-28-34-52(35-29-44)67-56-18-6-10-22-60(56)71-61-23-11-7-19-57(61)67)41-50(40-48)65(70)45-30-36-53(37-31-45)68-58-20-8-12-24-62(58)72-63-25-13-9-21-59(63)68/h2,4-12,14,16-24,26-37,39-41H,1,3,13,15,25,38H2. The monoisotopic (exact) mass is 933 g/mol. The number of para-hydroxylation sites is 7. The van der Waals surface area contributed by atoms with Gasteiger partial charge in [-0.2, -0.15) is 0 Å². The molecule has 3 heterocycles. The number of rotatable bonds is 9. The first kappa shape index (κ1) is 42.9. The van der Waals surface area contributed by atoms with Crippen molar-refractivity contribution in [2.24, 2.45) is 0 Å². The van der Waals surface area contributed by atoms with Gasteiger partial charge in [-0.05, 0) is 187 Å². The van der Waals surface area contributed by atoms with Gasteiger partial charge in [-0.1, -0.05) is 85.5 Å². The Morgan fingerprint density at radius 1 is 0.417 bits per heavy atom. The number of ether oxygens (including phenoxy) is 2. The first-order valence-corrected chi connectivity index (χ1v) is 24.6. The van der Waals surface area contributed by atoms with Crippen molar-refractivity contribution in [1.82, 2.24) is 0 Å². The van der Waals surface area contributed by atoms with Gasteiger partial charge in [-0.25, -0.2) is 0 Å². The molecule has 8 aromatic rings. The lowest BCUT2D eigenvalue weighted by Crippen LogP contribution is -2.24. The maximum atomic E-state index is 14.8. The van der Waals surface area contributed by atoms with Gasteiger partial charge in [0.25, 0.3) is 0 Å².